The summed E-state index contributed by atoms with van der Waals surface area (Å²) in [7, 11) is 0. The lowest BCUT2D eigenvalue weighted by Gasteiger charge is -2.31. The van der Waals surface area contributed by atoms with Crippen LogP contribution < -0.4 is 9.80 Å². The van der Waals surface area contributed by atoms with Crippen LogP contribution in [0.2, 0.25) is 0 Å². The van der Waals surface area contributed by atoms with E-state index >= 15 is 0 Å². The fourth-order valence-corrected chi connectivity index (χ4v) is 4.34. The molecule has 4 aromatic rings. The monoisotopic (exact) mass is 439 g/mol. The molecule has 0 aliphatic carbocycles. The number of aryl methyl sites for hydroxylation is 2. The van der Waals surface area contributed by atoms with Crippen molar-refractivity contribution < 1.29 is 9.34 Å². The highest BCUT2D eigenvalue weighted by Gasteiger charge is 2.36. The van der Waals surface area contributed by atoms with E-state index < -0.39 is 4.92 Å². The molecule has 0 unspecified atom stereocenters. The molecule has 6 nitrogen and oxygen atoms in total. The van der Waals surface area contributed by atoms with Crippen molar-refractivity contribution >= 4 is 17.1 Å². The first-order chi connectivity index (χ1) is 16.0. The zero-order valence-electron chi connectivity index (χ0n) is 18.6. The highest BCUT2D eigenvalue weighted by atomic mass is 16.6. The molecule has 0 atom stereocenters. The Morgan fingerprint density at radius 3 is 1.76 bits per heavy atom. The second-order valence-electron chi connectivity index (χ2n) is 8.44. The molecular formula is C27H25N3O3. The molecule has 1 saturated heterocycles. The minimum absolute atomic E-state index is 0.0671. The third-order valence-corrected chi connectivity index (χ3v) is 6.15. The summed E-state index contributed by atoms with van der Waals surface area (Å²) >= 11 is 0. The predicted molar refractivity (Wildman–Crippen MR) is 131 cm³/mol. The number of benzene rings is 3. The second-order valence-corrected chi connectivity index (χ2v) is 8.44. The first-order valence-electron chi connectivity index (χ1n) is 11.0. The smallest absolute Gasteiger partial charge is 0.269 e. The third kappa shape index (κ3) is 4.07. The fourth-order valence-electron chi connectivity index (χ4n) is 4.34. The molecule has 0 radical (unpaired) electrons. The van der Waals surface area contributed by atoms with Gasteiger partial charge in [0, 0.05) is 42.2 Å². The molecule has 0 amide bonds. The lowest BCUT2D eigenvalue weighted by Crippen LogP contribution is -2.30. The molecule has 1 aromatic heterocycles. The van der Waals surface area contributed by atoms with E-state index in [1.807, 2.05) is 12.1 Å². The van der Waals surface area contributed by atoms with E-state index in [1.165, 1.54) is 23.3 Å². The normalized spacial score (nSPS) is 14.1. The summed E-state index contributed by atoms with van der Waals surface area (Å²) in [5.41, 5.74) is 5.62. The van der Waals surface area contributed by atoms with Gasteiger partial charge in [0.25, 0.3) is 5.69 Å². The number of nitrogens with zero attached hydrogens (tertiary/aromatic N) is 3. The van der Waals surface area contributed by atoms with Gasteiger partial charge in [-0.2, -0.15) is 0 Å². The van der Waals surface area contributed by atoms with Gasteiger partial charge in [-0.15, -0.1) is 0 Å². The molecule has 1 fully saturated rings. The maximum atomic E-state index is 11.0. The van der Waals surface area contributed by atoms with Crippen LogP contribution in [0, 0.1) is 24.0 Å². The summed E-state index contributed by atoms with van der Waals surface area (Å²) in [5.74, 6) is 1.53. The molecule has 2 heterocycles. The van der Waals surface area contributed by atoms with Crippen LogP contribution in [0.1, 0.15) is 23.1 Å². The molecular weight excluding hydrogens is 414 g/mol. The maximum Gasteiger partial charge on any atom is 0.269 e. The number of hydrogen-bond donors (Lipinski definition) is 0. The summed E-state index contributed by atoms with van der Waals surface area (Å²) < 4.78 is 6.35. The maximum absolute atomic E-state index is 11.0. The highest BCUT2D eigenvalue weighted by molar-refractivity contribution is 5.62. The van der Waals surface area contributed by atoms with Crippen molar-refractivity contribution in [2.75, 3.05) is 22.9 Å². The Morgan fingerprint density at radius 2 is 1.27 bits per heavy atom. The number of rotatable bonds is 5. The van der Waals surface area contributed by atoms with Crippen molar-refractivity contribution in [3.8, 4) is 11.3 Å². The Balaban J connectivity index is 1.52. The molecule has 0 saturated carbocycles. The first-order valence-corrected chi connectivity index (χ1v) is 11.0. The Kier molecular flexibility index (Phi) is 5.34. The van der Waals surface area contributed by atoms with E-state index in [1.54, 1.807) is 12.1 Å². The number of anilines is 2. The number of non-ortho nitro benzene ring substituents is 1. The summed E-state index contributed by atoms with van der Waals surface area (Å²) in [6.07, 6.45) is -0.0952. The van der Waals surface area contributed by atoms with Crippen LogP contribution in [0.5, 0.6) is 0 Å². The van der Waals surface area contributed by atoms with Crippen LogP contribution in [-0.2, 0) is 0 Å². The van der Waals surface area contributed by atoms with E-state index in [4.69, 9.17) is 4.42 Å². The lowest BCUT2D eigenvalue weighted by atomic mass is 10.1. The predicted octanol–water partition coefficient (Wildman–Crippen LogP) is 6.50. The molecule has 6 heteroatoms. The molecule has 1 aliphatic rings. The van der Waals surface area contributed by atoms with Crippen molar-refractivity contribution in [3.63, 3.8) is 0 Å². The lowest BCUT2D eigenvalue weighted by molar-refractivity contribution is -0.384. The molecule has 33 heavy (non-hydrogen) atoms. The average Bonchev–Trinajstić information content (AvgIpc) is 3.48. The van der Waals surface area contributed by atoms with Crippen molar-refractivity contribution in [2.45, 2.75) is 20.0 Å². The zero-order chi connectivity index (χ0) is 22.9. The number of nitro benzene ring substituents is 1. The number of furan rings is 1. The summed E-state index contributed by atoms with van der Waals surface area (Å²) in [4.78, 5) is 15.3. The Morgan fingerprint density at radius 1 is 0.758 bits per heavy atom. The minimum Gasteiger partial charge on any atom is -0.457 e. The molecule has 3 aromatic carbocycles. The Bertz CT molecular complexity index is 1210. The standard InChI is InChI=1S/C27H25N3O3/c1-19-3-9-22(10-4-19)28-17-18-29(23-11-5-20(2)6-12-23)27(28)26-16-15-25(33-26)21-7-13-24(14-8-21)30(31)32/h3-16,27H,17-18H2,1-2H3. The van der Waals surface area contributed by atoms with Gasteiger partial charge >= 0.3 is 0 Å². The number of hydrogen-bond acceptors (Lipinski definition) is 5. The van der Waals surface area contributed by atoms with Crippen molar-refractivity contribution in [2.24, 2.45) is 0 Å². The zero-order valence-corrected chi connectivity index (χ0v) is 18.6. The van der Waals surface area contributed by atoms with Gasteiger partial charge < -0.3 is 14.2 Å². The summed E-state index contributed by atoms with van der Waals surface area (Å²) in [5, 5.41) is 11.0. The van der Waals surface area contributed by atoms with E-state index in [2.05, 4.69) is 72.2 Å². The van der Waals surface area contributed by atoms with Gasteiger partial charge in [-0.25, -0.2) is 0 Å². The van der Waals surface area contributed by atoms with Gasteiger partial charge in [0.1, 0.15) is 11.5 Å². The van der Waals surface area contributed by atoms with Gasteiger partial charge in [-0.1, -0.05) is 35.4 Å². The van der Waals surface area contributed by atoms with Crippen LogP contribution in [0.25, 0.3) is 11.3 Å². The van der Waals surface area contributed by atoms with E-state index in [0.29, 0.717) is 5.76 Å². The van der Waals surface area contributed by atoms with Gasteiger partial charge in [0.2, 0.25) is 0 Å². The first kappa shape index (κ1) is 20.8. The van der Waals surface area contributed by atoms with Crippen LogP contribution in [0.3, 0.4) is 0 Å². The van der Waals surface area contributed by atoms with Crippen molar-refractivity contribution in [3.05, 3.63) is 112 Å². The van der Waals surface area contributed by atoms with E-state index in [-0.39, 0.29) is 11.9 Å². The van der Waals surface area contributed by atoms with E-state index in [0.717, 1.165) is 35.8 Å². The SMILES string of the molecule is Cc1ccc(N2CCN(c3ccc(C)cc3)C2c2ccc(-c3ccc([N+](=O)[O-])cc3)o2)cc1. The summed E-state index contributed by atoms with van der Waals surface area (Å²) in [6.45, 7) is 5.92. The van der Waals surface area contributed by atoms with Crippen LogP contribution in [-0.4, -0.2) is 18.0 Å². The van der Waals surface area contributed by atoms with Crippen LogP contribution >= 0.6 is 0 Å². The molecule has 166 valence electrons. The van der Waals surface area contributed by atoms with Gasteiger partial charge in [-0.05, 0) is 62.4 Å². The summed E-state index contributed by atoms with van der Waals surface area (Å²) in [6, 6.07) is 27.5. The number of nitro groups is 1. The van der Waals surface area contributed by atoms with Crippen LogP contribution in [0.4, 0.5) is 17.1 Å². The highest BCUT2D eigenvalue weighted by Crippen LogP contribution is 2.39. The third-order valence-electron chi connectivity index (χ3n) is 6.15. The Labute approximate surface area is 192 Å². The quantitative estimate of drug-likeness (QED) is 0.262. The molecule has 0 spiro atoms. The van der Waals surface area contributed by atoms with Gasteiger partial charge in [0.15, 0.2) is 6.17 Å². The molecule has 0 bridgehead atoms. The van der Waals surface area contributed by atoms with E-state index in [9.17, 15) is 10.1 Å². The van der Waals surface area contributed by atoms with Crippen molar-refractivity contribution in [1.82, 2.24) is 0 Å². The minimum atomic E-state index is -0.394. The van der Waals surface area contributed by atoms with Crippen molar-refractivity contribution in [1.29, 1.82) is 0 Å². The average molecular weight is 440 g/mol. The van der Waals surface area contributed by atoms with Crippen LogP contribution in [0.15, 0.2) is 89.3 Å². The largest absolute Gasteiger partial charge is 0.457 e. The molecule has 5 rings (SSSR count). The topological polar surface area (TPSA) is 62.8 Å². The van der Waals surface area contributed by atoms with Gasteiger partial charge in [-0.3, -0.25) is 10.1 Å². The van der Waals surface area contributed by atoms with Gasteiger partial charge in [0.05, 0.1) is 4.92 Å². The molecule has 0 N–H and O–H groups in total. The second kappa shape index (κ2) is 8.47. The molecule has 1 aliphatic heterocycles. The Hall–Kier alpha value is -4.06. The fraction of sp³-hybridized carbons (Fsp3) is 0.185.